The van der Waals surface area contributed by atoms with Gasteiger partial charge in [-0.2, -0.15) is 0 Å². The first-order chi connectivity index (χ1) is 15.8. The lowest BCUT2D eigenvalue weighted by Crippen LogP contribution is -2.49. The Kier molecular flexibility index (Phi) is 7.33. The number of allylic oxidation sites excluding steroid dienone is 1. The summed E-state index contributed by atoms with van der Waals surface area (Å²) in [5, 5.41) is 3.96. The third-order valence-corrected chi connectivity index (χ3v) is 6.75. The number of anilines is 1. The van der Waals surface area contributed by atoms with Crippen molar-refractivity contribution in [2.24, 2.45) is 0 Å². The summed E-state index contributed by atoms with van der Waals surface area (Å²) in [6.07, 6.45) is 11.2. The number of hydrogen-bond donors (Lipinski definition) is 1. The predicted molar refractivity (Wildman–Crippen MR) is 134 cm³/mol. The molecule has 1 aromatic heterocycles. The third kappa shape index (κ3) is 4.91. The van der Waals surface area contributed by atoms with Gasteiger partial charge in [0.05, 0.1) is 0 Å². The number of rotatable bonds is 8. The maximum atomic E-state index is 4.47. The third-order valence-electron chi connectivity index (χ3n) is 6.75. The van der Waals surface area contributed by atoms with E-state index in [2.05, 4.69) is 101 Å². The Morgan fingerprint density at radius 1 is 0.969 bits per heavy atom. The van der Waals surface area contributed by atoms with E-state index in [0.29, 0.717) is 6.04 Å². The van der Waals surface area contributed by atoms with Crippen LogP contribution in [0.4, 0.5) is 5.95 Å². The largest absolute Gasteiger partial charge is 0.341 e. The van der Waals surface area contributed by atoms with Gasteiger partial charge in [-0.25, -0.2) is 9.97 Å². The van der Waals surface area contributed by atoms with Gasteiger partial charge in [-0.3, -0.25) is 0 Å². The summed E-state index contributed by atoms with van der Waals surface area (Å²) in [4.78, 5) is 11.3. The number of nitrogens with zero attached hydrogens (tertiary/aromatic N) is 3. The van der Waals surface area contributed by atoms with Crippen LogP contribution in [0.25, 0.3) is 6.08 Å². The molecule has 1 aliphatic heterocycles. The summed E-state index contributed by atoms with van der Waals surface area (Å²) in [6.45, 7) is 7.25. The maximum absolute atomic E-state index is 4.47. The average molecular weight is 427 g/mol. The van der Waals surface area contributed by atoms with Gasteiger partial charge in [0, 0.05) is 43.5 Å². The molecule has 166 valence electrons. The second-order valence-electron chi connectivity index (χ2n) is 8.65. The van der Waals surface area contributed by atoms with Crippen LogP contribution in [0.5, 0.6) is 0 Å². The molecule has 2 aromatic carbocycles. The molecule has 1 saturated heterocycles. The molecule has 1 N–H and O–H groups in total. The van der Waals surface area contributed by atoms with Crippen molar-refractivity contribution in [3.05, 3.63) is 95.8 Å². The van der Waals surface area contributed by atoms with Crippen LogP contribution in [-0.4, -0.2) is 29.6 Å². The highest BCUT2D eigenvalue weighted by molar-refractivity contribution is 5.54. The molecule has 3 aromatic rings. The monoisotopic (exact) mass is 426 g/mol. The van der Waals surface area contributed by atoms with Crippen molar-refractivity contribution in [1.29, 1.82) is 0 Å². The molecule has 1 atom stereocenters. The Morgan fingerprint density at radius 3 is 2.34 bits per heavy atom. The Labute approximate surface area is 192 Å². The fraction of sp³-hybridized carbons (Fsp3) is 0.357. The van der Waals surface area contributed by atoms with Crippen molar-refractivity contribution >= 4 is 12.0 Å². The lowest BCUT2D eigenvalue weighted by Gasteiger charge is -2.43. The minimum Gasteiger partial charge on any atom is -0.341 e. The summed E-state index contributed by atoms with van der Waals surface area (Å²) in [5.41, 5.74) is 4.22. The van der Waals surface area contributed by atoms with Gasteiger partial charge < -0.3 is 10.2 Å². The van der Waals surface area contributed by atoms with Crippen LogP contribution < -0.4 is 10.2 Å². The zero-order valence-electron chi connectivity index (χ0n) is 19.2. The van der Waals surface area contributed by atoms with Gasteiger partial charge in [0.15, 0.2) is 0 Å². The van der Waals surface area contributed by atoms with E-state index in [1.807, 2.05) is 18.5 Å². The second-order valence-corrected chi connectivity index (χ2v) is 8.65. The van der Waals surface area contributed by atoms with E-state index in [1.54, 1.807) is 0 Å². The van der Waals surface area contributed by atoms with Gasteiger partial charge in [0.2, 0.25) is 5.95 Å². The van der Waals surface area contributed by atoms with Gasteiger partial charge in [-0.05, 0) is 48.9 Å². The number of hydrogen-bond acceptors (Lipinski definition) is 4. The van der Waals surface area contributed by atoms with E-state index in [-0.39, 0.29) is 5.41 Å². The summed E-state index contributed by atoms with van der Waals surface area (Å²) in [6, 6.07) is 22.0. The molecule has 4 rings (SSSR count). The molecular weight excluding hydrogens is 392 g/mol. The van der Waals surface area contributed by atoms with Gasteiger partial charge >= 0.3 is 0 Å². The van der Waals surface area contributed by atoms with Crippen LogP contribution in [0.2, 0.25) is 0 Å². The van der Waals surface area contributed by atoms with E-state index >= 15 is 0 Å². The molecule has 4 nitrogen and oxygen atoms in total. The molecule has 0 spiro atoms. The fourth-order valence-corrected chi connectivity index (χ4v) is 4.90. The number of nitrogens with one attached hydrogen (secondary N) is 1. The number of aromatic nitrogens is 2. The Morgan fingerprint density at radius 2 is 1.66 bits per heavy atom. The normalized spacial score (nSPS) is 16.9. The van der Waals surface area contributed by atoms with Gasteiger partial charge in [-0.1, -0.05) is 73.7 Å². The highest BCUT2D eigenvalue weighted by Gasteiger charge is 2.37. The quantitative estimate of drug-likeness (QED) is 0.495. The first kappa shape index (κ1) is 22.2. The van der Waals surface area contributed by atoms with Crippen molar-refractivity contribution in [2.75, 3.05) is 24.5 Å². The average Bonchev–Trinajstić information content (AvgIpc) is 2.87. The molecule has 1 fully saturated rings. The smallest absolute Gasteiger partial charge is 0.225 e. The number of benzene rings is 2. The van der Waals surface area contributed by atoms with Crippen molar-refractivity contribution < 1.29 is 0 Å². The molecule has 0 saturated carbocycles. The molecule has 0 bridgehead atoms. The van der Waals surface area contributed by atoms with E-state index < -0.39 is 0 Å². The summed E-state index contributed by atoms with van der Waals surface area (Å²) in [7, 11) is 0. The van der Waals surface area contributed by atoms with Gasteiger partial charge in [-0.15, -0.1) is 0 Å². The van der Waals surface area contributed by atoms with Crippen molar-refractivity contribution in [2.45, 2.75) is 44.6 Å². The summed E-state index contributed by atoms with van der Waals surface area (Å²) >= 11 is 0. The topological polar surface area (TPSA) is 41.0 Å². The molecule has 0 radical (unpaired) electrons. The van der Waals surface area contributed by atoms with E-state index in [4.69, 9.17) is 0 Å². The summed E-state index contributed by atoms with van der Waals surface area (Å²) in [5.74, 6) is 0.842. The molecule has 0 aliphatic carbocycles. The lowest BCUT2D eigenvalue weighted by molar-refractivity contribution is 0.296. The van der Waals surface area contributed by atoms with Crippen LogP contribution in [0.3, 0.4) is 0 Å². The van der Waals surface area contributed by atoms with Crippen LogP contribution in [0, 0.1) is 0 Å². The molecule has 0 amide bonds. The molecule has 2 heterocycles. The van der Waals surface area contributed by atoms with E-state index in [1.165, 1.54) is 16.7 Å². The van der Waals surface area contributed by atoms with Crippen LogP contribution >= 0.6 is 0 Å². The molecular formula is C28H34N4. The van der Waals surface area contributed by atoms with Crippen LogP contribution in [0.15, 0.2) is 79.1 Å². The van der Waals surface area contributed by atoms with Crippen molar-refractivity contribution in [3.63, 3.8) is 0 Å². The predicted octanol–water partition coefficient (Wildman–Crippen LogP) is 5.79. The second kappa shape index (κ2) is 10.6. The first-order valence-corrected chi connectivity index (χ1v) is 11.8. The highest BCUT2D eigenvalue weighted by atomic mass is 15.2. The van der Waals surface area contributed by atoms with E-state index in [0.717, 1.165) is 44.8 Å². The minimum absolute atomic E-state index is 0.107. The number of piperidine rings is 1. The zero-order valence-corrected chi connectivity index (χ0v) is 19.2. The van der Waals surface area contributed by atoms with Crippen LogP contribution in [-0.2, 0) is 5.41 Å². The Hall–Kier alpha value is -2.98. The van der Waals surface area contributed by atoms with Crippen molar-refractivity contribution in [3.8, 4) is 0 Å². The Balaban J connectivity index is 1.55. The molecule has 4 heteroatoms. The molecule has 1 unspecified atom stereocenters. The highest BCUT2D eigenvalue weighted by Crippen LogP contribution is 2.37. The van der Waals surface area contributed by atoms with Crippen molar-refractivity contribution in [1.82, 2.24) is 15.3 Å². The molecule has 32 heavy (non-hydrogen) atoms. The fourth-order valence-electron chi connectivity index (χ4n) is 4.90. The minimum atomic E-state index is 0.107. The lowest BCUT2D eigenvalue weighted by atomic mass is 9.72. The van der Waals surface area contributed by atoms with Crippen LogP contribution in [0.1, 0.15) is 55.8 Å². The Bertz CT molecular complexity index is 992. The van der Waals surface area contributed by atoms with Gasteiger partial charge in [0.1, 0.15) is 0 Å². The standard InChI is InChI=1S/C28H34N4/c1-3-11-23-12-8-9-15-25(23)26(4-2)31-22-28(24-13-6-5-7-14-24)16-20-32(21-17-28)27-29-18-10-19-30-27/h3,5-15,18-19,26,31H,4,16-17,20-22H2,1-2H3/b11-3-. The first-order valence-electron chi connectivity index (χ1n) is 11.8. The SMILES string of the molecule is C/C=C\c1ccccc1C(CC)NCC1(c2ccccc2)CCN(c2ncccn2)CC1. The summed E-state index contributed by atoms with van der Waals surface area (Å²) < 4.78 is 0. The zero-order chi connectivity index (χ0) is 22.2. The van der Waals surface area contributed by atoms with Gasteiger partial charge in [0.25, 0.3) is 0 Å². The van der Waals surface area contributed by atoms with E-state index in [9.17, 15) is 0 Å². The molecule has 1 aliphatic rings. The maximum Gasteiger partial charge on any atom is 0.225 e.